The highest BCUT2D eigenvalue weighted by atomic mass is 79.9. The molecule has 0 aliphatic heterocycles. The van der Waals surface area contributed by atoms with Crippen LogP contribution in [0.1, 0.15) is 38.7 Å². The van der Waals surface area contributed by atoms with Crippen molar-refractivity contribution in [1.29, 1.82) is 0 Å². The zero-order chi connectivity index (χ0) is 13.5. The summed E-state index contributed by atoms with van der Waals surface area (Å²) in [4.78, 5) is 0. The van der Waals surface area contributed by atoms with E-state index < -0.39 is 0 Å². The Labute approximate surface area is 127 Å². The fraction of sp³-hybridized carbons (Fsp3) is 0.571. The minimum atomic E-state index is 0.606. The zero-order valence-electron chi connectivity index (χ0n) is 11.2. The van der Waals surface area contributed by atoms with Crippen LogP contribution in [0.5, 0.6) is 5.75 Å². The van der Waals surface area contributed by atoms with Gasteiger partial charge in [0.05, 0.1) is 16.1 Å². The van der Waals surface area contributed by atoms with Gasteiger partial charge in [-0.15, -0.1) is 0 Å². The topological polar surface area (TPSA) is 21.3 Å². The van der Waals surface area contributed by atoms with Crippen LogP contribution >= 0.6 is 31.9 Å². The zero-order valence-corrected chi connectivity index (χ0v) is 14.4. The van der Waals surface area contributed by atoms with Crippen molar-refractivity contribution in [3.05, 3.63) is 26.6 Å². The summed E-state index contributed by atoms with van der Waals surface area (Å²) in [7, 11) is 1.68. The molecule has 0 saturated heterocycles. The van der Waals surface area contributed by atoms with Gasteiger partial charge in [0.2, 0.25) is 0 Å². The highest BCUT2D eigenvalue weighted by Gasteiger charge is 2.09. The average molecular weight is 379 g/mol. The standard InChI is InChI=1S/C14H21Br2NO/c1-4-6-11(5-2)17-9-10-7-12(15)14(18-3)13(16)8-10/h7-8,11,17H,4-6,9H2,1-3H3. The van der Waals surface area contributed by atoms with Gasteiger partial charge in [-0.3, -0.25) is 0 Å². The van der Waals surface area contributed by atoms with Gasteiger partial charge in [-0.25, -0.2) is 0 Å². The van der Waals surface area contributed by atoms with E-state index in [1.165, 1.54) is 24.8 Å². The Morgan fingerprint density at radius 1 is 1.22 bits per heavy atom. The van der Waals surface area contributed by atoms with Crippen molar-refractivity contribution in [3.63, 3.8) is 0 Å². The highest BCUT2D eigenvalue weighted by Crippen LogP contribution is 2.34. The van der Waals surface area contributed by atoms with Crippen LogP contribution in [0.15, 0.2) is 21.1 Å². The molecule has 1 atom stereocenters. The molecule has 0 bridgehead atoms. The summed E-state index contributed by atoms with van der Waals surface area (Å²) in [6, 6.07) is 4.82. The number of halogens is 2. The van der Waals surface area contributed by atoms with E-state index in [4.69, 9.17) is 4.74 Å². The maximum atomic E-state index is 5.30. The van der Waals surface area contributed by atoms with E-state index in [-0.39, 0.29) is 0 Å². The molecular formula is C14H21Br2NO. The number of benzene rings is 1. The van der Waals surface area contributed by atoms with E-state index in [1.807, 2.05) is 0 Å². The lowest BCUT2D eigenvalue weighted by molar-refractivity contribution is 0.409. The summed E-state index contributed by atoms with van der Waals surface area (Å²) in [5.74, 6) is 0.847. The van der Waals surface area contributed by atoms with Gasteiger partial charge in [0.1, 0.15) is 5.75 Å². The first-order valence-corrected chi connectivity index (χ1v) is 7.96. The molecule has 0 saturated carbocycles. The number of rotatable bonds is 7. The van der Waals surface area contributed by atoms with Crippen molar-refractivity contribution in [2.45, 2.75) is 45.7 Å². The summed E-state index contributed by atoms with van der Waals surface area (Å²) in [6.07, 6.45) is 3.63. The smallest absolute Gasteiger partial charge is 0.147 e. The van der Waals surface area contributed by atoms with Crippen molar-refractivity contribution in [3.8, 4) is 5.75 Å². The second kappa shape index (κ2) is 8.18. The van der Waals surface area contributed by atoms with Crippen molar-refractivity contribution < 1.29 is 4.74 Å². The monoisotopic (exact) mass is 377 g/mol. The summed E-state index contributed by atoms with van der Waals surface area (Å²) >= 11 is 7.06. The first-order chi connectivity index (χ1) is 8.62. The van der Waals surface area contributed by atoms with Crippen molar-refractivity contribution in [2.24, 2.45) is 0 Å². The van der Waals surface area contributed by atoms with E-state index in [9.17, 15) is 0 Å². The lowest BCUT2D eigenvalue weighted by Crippen LogP contribution is -2.27. The summed E-state index contributed by atoms with van der Waals surface area (Å²) in [5.41, 5.74) is 1.25. The number of methoxy groups -OCH3 is 1. The molecule has 0 spiro atoms. The second-order valence-electron chi connectivity index (χ2n) is 4.37. The Morgan fingerprint density at radius 3 is 2.28 bits per heavy atom. The molecular weight excluding hydrogens is 358 g/mol. The van der Waals surface area contributed by atoms with Gasteiger partial charge in [0.15, 0.2) is 0 Å². The molecule has 18 heavy (non-hydrogen) atoms. The summed E-state index contributed by atoms with van der Waals surface area (Å²) in [5, 5.41) is 3.60. The third-order valence-corrected chi connectivity index (χ3v) is 4.17. The normalized spacial score (nSPS) is 12.5. The van der Waals surface area contributed by atoms with E-state index >= 15 is 0 Å². The fourth-order valence-corrected chi connectivity index (χ4v) is 3.58. The fourth-order valence-electron chi connectivity index (χ4n) is 1.97. The molecule has 0 radical (unpaired) electrons. The van der Waals surface area contributed by atoms with E-state index in [2.05, 4.69) is 63.2 Å². The molecule has 0 aliphatic rings. The van der Waals surface area contributed by atoms with Gasteiger partial charge in [-0.2, -0.15) is 0 Å². The number of nitrogens with one attached hydrogen (secondary N) is 1. The Balaban J connectivity index is 2.68. The van der Waals surface area contributed by atoms with Gasteiger partial charge in [-0.05, 0) is 62.4 Å². The Bertz CT molecular complexity index is 359. The molecule has 1 unspecified atom stereocenters. The summed E-state index contributed by atoms with van der Waals surface area (Å²) < 4.78 is 7.27. The van der Waals surface area contributed by atoms with Crippen LogP contribution in [0.2, 0.25) is 0 Å². The third-order valence-electron chi connectivity index (χ3n) is 2.99. The van der Waals surface area contributed by atoms with E-state index in [1.54, 1.807) is 7.11 Å². The van der Waals surface area contributed by atoms with Crippen molar-refractivity contribution in [1.82, 2.24) is 5.32 Å². The van der Waals surface area contributed by atoms with Crippen LogP contribution in [0.4, 0.5) is 0 Å². The number of hydrogen-bond donors (Lipinski definition) is 1. The van der Waals surface area contributed by atoms with Crippen LogP contribution in [-0.4, -0.2) is 13.2 Å². The highest BCUT2D eigenvalue weighted by molar-refractivity contribution is 9.11. The van der Waals surface area contributed by atoms with Gasteiger partial charge in [-0.1, -0.05) is 20.3 Å². The molecule has 1 rings (SSSR count). The van der Waals surface area contributed by atoms with Crippen molar-refractivity contribution in [2.75, 3.05) is 7.11 Å². The van der Waals surface area contributed by atoms with Gasteiger partial charge in [0.25, 0.3) is 0 Å². The third kappa shape index (κ3) is 4.56. The Hall–Kier alpha value is -0.0600. The SMILES string of the molecule is CCCC(CC)NCc1cc(Br)c(OC)c(Br)c1. The molecule has 102 valence electrons. The molecule has 0 fully saturated rings. The van der Waals surface area contributed by atoms with Gasteiger partial charge < -0.3 is 10.1 Å². The van der Waals surface area contributed by atoms with Crippen LogP contribution < -0.4 is 10.1 Å². The van der Waals surface area contributed by atoms with Crippen LogP contribution in [0.25, 0.3) is 0 Å². The molecule has 4 heteroatoms. The lowest BCUT2D eigenvalue weighted by atomic mass is 10.1. The first kappa shape index (κ1) is 16.0. The molecule has 0 heterocycles. The summed E-state index contributed by atoms with van der Waals surface area (Å²) in [6.45, 7) is 5.35. The quantitative estimate of drug-likeness (QED) is 0.729. The average Bonchev–Trinajstić information content (AvgIpc) is 2.34. The molecule has 1 aromatic rings. The van der Waals surface area contributed by atoms with Crippen LogP contribution in [0.3, 0.4) is 0 Å². The molecule has 0 aromatic heterocycles. The van der Waals surface area contributed by atoms with Gasteiger partial charge in [0, 0.05) is 12.6 Å². The molecule has 2 nitrogen and oxygen atoms in total. The minimum Gasteiger partial charge on any atom is -0.494 e. The minimum absolute atomic E-state index is 0.606. The van der Waals surface area contributed by atoms with Crippen LogP contribution in [-0.2, 0) is 6.54 Å². The lowest BCUT2D eigenvalue weighted by Gasteiger charge is -2.17. The number of hydrogen-bond acceptors (Lipinski definition) is 2. The first-order valence-electron chi connectivity index (χ1n) is 6.37. The van der Waals surface area contributed by atoms with Gasteiger partial charge >= 0.3 is 0 Å². The predicted molar refractivity (Wildman–Crippen MR) is 84.2 cm³/mol. The van der Waals surface area contributed by atoms with Crippen molar-refractivity contribution >= 4 is 31.9 Å². The molecule has 1 aromatic carbocycles. The Morgan fingerprint density at radius 2 is 1.83 bits per heavy atom. The predicted octanol–water partition coefficient (Wildman–Crippen LogP) is 4.89. The second-order valence-corrected chi connectivity index (χ2v) is 6.08. The molecule has 1 N–H and O–H groups in total. The maximum Gasteiger partial charge on any atom is 0.147 e. The van der Waals surface area contributed by atoms with E-state index in [0.717, 1.165) is 21.2 Å². The molecule has 0 amide bonds. The number of ether oxygens (including phenoxy) is 1. The molecule has 0 aliphatic carbocycles. The van der Waals surface area contributed by atoms with E-state index in [0.29, 0.717) is 6.04 Å². The van der Waals surface area contributed by atoms with Crippen LogP contribution in [0, 0.1) is 0 Å². The Kier molecular flexibility index (Phi) is 7.27. The largest absolute Gasteiger partial charge is 0.494 e. The maximum absolute atomic E-state index is 5.30.